The van der Waals surface area contributed by atoms with Crippen molar-refractivity contribution in [1.82, 2.24) is 14.8 Å². The van der Waals surface area contributed by atoms with E-state index < -0.39 is 0 Å². The summed E-state index contributed by atoms with van der Waals surface area (Å²) < 4.78 is 2.18. The first kappa shape index (κ1) is 17.6. The smallest absolute Gasteiger partial charge is 0.237 e. The topological polar surface area (TPSA) is 59.8 Å². The average Bonchev–Trinajstić information content (AvgIpc) is 3.16. The number of anilines is 1. The van der Waals surface area contributed by atoms with Crippen molar-refractivity contribution in [2.75, 3.05) is 5.32 Å². The number of aromatic nitrogens is 3. The predicted octanol–water partition coefficient (Wildman–Crippen LogP) is 5.11. The number of halogens is 1. The predicted molar refractivity (Wildman–Crippen MR) is 107 cm³/mol. The summed E-state index contributed by atoms with van der Waals surface area (Å²) in [6.07, 6.45) is 2.26. The molecule has 1 fully saturated rings. The zero-order chi connectivity index (χ0) is 18.1. The second-order valence-electron chi connectivity index (χ2n) is 6.11. The van der Waals surface area contributed by atoms with Crippen LogP contribution in [0.4, 0.5) is 5.69 Å². The number of benzene rings is 1. The van der Waals surface area contributed by atoms with Crippen molar-refractivity contribution in [2.45, 2.75) is 36.2 Å². The minimum atomic E-state index is -0.316. The molecule has 1 amide bonds. The molecule has 0 aliphatic heterocycles. The maximum atomic E-state index is 12.6. The summed E-state index contributed by atoms with van der Waals surface area (Å²) in [5.74, 6) is 0.787. The molecular weight excluding hydrogens is 388 g/mol. The van der Waals surface area contributed by atoms with E-state index in [1.54, 1.807) is 23.5 Å². The van der Waals surface area contributed by atoms with Crippen molar-refractivity contribution in [3.05, 3.63) is 46.8 Å². The third-order valence-electron chi connectivity index (χ3n) is 4.10. The lowest BCUT2D eigenvalue weighted by Crippen LogP contribution is -2.23. The lowest BCUT2D eigenvalue weighted by molar-refractivity contribution is -0.115. The molecule has 1 aromatic carbocycles. The molecule has 134 valence electrons. The van der Waals surface area contributed by atoms with Crippen LogP contribution in [0.25, 0.3) is 10.7 Å². The first-order valence-electron chi connectivity index (χ1n) is 8.34. The van der Waals surface area contributed by atoms with Crippen LogP contribution in [0, 0.1) is 0 Å². The van der Waals surface area contributed by atoms with Gasteiger partial charge in [-0.2, -0.15) is 0 Å². The van der Waals surface area contributed by atoms with Crippen molar-refractivity contribution in [1.29, 1.82) is 0 Å². The average molecular weight is 405 g/mol. The Labute approximate surface area is 164 Å². The SMILES string of the molecule is C[C@@H](Sc1nnc(-c2cccs2)n1C1CC1)C(=O)Nc1ccccc1Cl. The van der Waals surface area contributed by atoms with E-state index in [0.717, 1.165) is 28.7 Å². The van der Waals surface area contributed by atoms with Gasteiger partial charge in [-0.1, -0.05) is 41.6 Å². The van der Waals surface area contributed by atoms with Crippen LogP contribution in [0.2, 0.25) is 5.02 Å². The van der Waals surface area contributed by atoms with Gasteiger partial charge >= 0.3 is 0 Å². The van der Waals surface area contributed by atoms with E-state index >= 15 is 0 Å². The van der Waals surface area contributed by atoms with E-state index in [4.69, 9.17) is 11.6 Å². The van der Waals surface area contributed by atoms with Crippen molar-refractivity contribution >= 4 is 46.3 Å². The summed E-state index contributed by atoms with van der Waals surface area (Å²) in [7, 11) is 0. The number of hydrogen-bond donors (Lipinski definition) is 1. The fraction of sp³-hybridized carbons (Fsp3) is 0.278. The van der Waals surface area contributed by atoms with Gasteiger partial charge in [-0.25, -0.2) is 0 Å². The third kappa shape index (κ3) is 3.65. The van der Waals surface area contributed by atoms with Gasteiger partial charge in [-0.05, 0) is 43.3 Å². The van der Waals surface area contributed by atoms with Crippen molar-refractivity contribution in [3.63, 3.8) is 0 Å². The molecule has 1 aliphatic carbocycles. The molecule has 2 aromatic heterocycles. The van der Waals surface area contributed by atoms with E-state index in [9.17, 15) is 4.79 Å². The summed E-state index contributed by atoms with van der Waals surface area (Å²) in [6, 6.07) is 11.7. The Morgan fingerprint density at radius 2 is 2.12 bits per heavy atom. The van der Waals surface area contributed by atoms with Crippen molar-refractivity contribution in [3.8, 4) is 10.7 Å². The lowest BCUT2D eigenvalue weighted by atomic mass is 10.3. The number of rotatable bonds is 6. The van der Waals surface area contributed by atoms with Gasteiger partial charge in [0.1, 0.15) is 0 Å². The maximum Gasteiger partial charge on any atom is 0.237 e. The normalized spacial score (nSPS) is 15.0. The number of thiophene rings is 1. The van der Waals surface area contributed by atoms with E-state index in [-0.39, 0.29) is 11.2 Å². The molecule has 0 spiro atoms. The summed E-state index contributed by atoms with van der Waals surface area (Å²) in [6.45, 7) is 1.87. The van der Waals surface area contributed by atoms with Gasteiger partial charge in [-0.3, -0.25) is 9.36 Å². The van der Waals surface area contributed by atoms with Gasteiger partial charge in [-0.15, -0.1) is 21.5 Å². The van der Waals surface area contributed by atoms with Gasteiger partial charge in [0.25, 0.3) is 0 Å². The Morgan fingerprint density at radius 1 is 1.31 bits per heavy atom. The zero-order valence-electron chi connectivity index (χ0n) is 14.1. The largest absolute Gasteiger partial charge is 0.324 e. The highest BCUT2D eigenvalue weighted by Gasteiger charge is 2.31. The Balaban J connectivity index is 1.52. The first-order valence-corrected chi connectivity index (χ1v) is 10.5. The number of nitrogens with zero attached hydrogens (tertiary/aromatic N) is 3. The highest BCUT2D eigenvalue weighted by molar-refractivity contribution is 8.00. The summed E-state index contributed by atoms with van der Waals surface area (Å²) in [5, 5.41) is 14.7. The lowest BCUT2D eigenvalue weighted by Gasteiger charge is -2.13. The van der Waals surface area contributed by atoms with Crippen molar-refractivity contribution in [2.24, 2.45) is 0 Å². The van der Waals surface area contributed by atoms with E-state index in [1.807, 2.05) is 30.5 Å². The van der Waals surface area contributed by atoms with Crippen LogP contribution in [-0.4, -0.2) is 25.9 Å². The van der Waals surface area contributed by atoms with Crippen LogP contribution in [-0.2, 0) is 4.79 Å². The fourth-order valence-electron chi connectivity index (χ4n) is 2.60. The number of thioether (sulfide) groups is 1. The van der Waals surface area contributed by atoms with E-state index in [1.165, 1.54) is 11.8 Å². The fourth-order valence-corrected chi connectivity index (χ4v) is 4.41. The molecule has 26 heavy (non-hydrogen) atoms. The highest BCUT2D eigenvalue weighted by Crippen LogP contribution is 2.42. The summed E-state index contributed by atoms with van der Waals surface area (Å²) >= 11 is 9.20. The van der Waals surface area contributed by atoms with Gasteiger partial charge in [0, 0.05) is 6.04 Å². The molecule has 3 aromatic rings. The minimum absolute atomic E-state index is 0.105. The molecule has 0 unspecified atom stereocenters. The van der Waals surface area contributed by atoms with Gasteiger partial charge < -0.3 is 5.32 Å². The Bertz CT molecular complexity index is 921. The molecule has 2 heterocycles. The minimum Gasteiger partial charge on any atom is -0.324 e. The molecule has 0 radical (unpaired) electrons. The van der Waals surface area contributed by atoms with Crippen molar-refractivity contribution < 1.29 is 4.79 Å². The second-order valence-corrected chi connectivity index (χ2v) is 8.78. The Hall–Kier alpha value is -1.83. The number of amides is 1. The third-order valence-corrected chi connectivity index (χ3v) is 6.35. The van der Waals surface area contributed by atoms with E-state index in [2.05, 4.69) is 26.1 Å². The van der Waals surface area contributed by atoms with E-state index in [0.29, 0.717) is 16.8 Å². The van der Waals surface area contributed by atoms with Crippen LogP contribution >= 0.6 is 34.7 Å². The molecule has 1 aliphatic rings. The van der Waals surface area contributed by atoms with Crippen LogP contribution < -0.4 is 5.32 Å². The highest BCUT2D eigenvalue weighted by atomic mass is 35.5. The second kappa shape index (κ2) is 7.42. The number of nitrogens with one attached hydrogen (secondary N) is 1. The van der Waals surface area contributed by atoms with Gasteiger partial charge in [0.2, 0.25) is 5.91 Å². The number of para-hydroxylation sites is 1. The number of carbonyl (C=O) groups is 1. The monoisotopic (exact) mass is 404 g/mol. The molecular formula is C18H17ClN4OS2. The maximum absolute atomic E-state index is 12.6. The Kier molecular flexibility index (Phi) is 5.02. The molecule has 4 rings (SSSR count). The molecule has 8 heteroatoms. The van der Waals surface area contributed by atoms with Gasteiger partial charge in [0.15, 0.2) is 11.0 Å². The number of carbonyl (C=O) groups excluding carboxylic acids is 1. The molecule has 1 atom stereocenters. The molecule has 1 saturated carbocycles. The summed E-state index contributed by atoms with van der Waals surface area (Å²) in [4.78, 5) is 13.7. The first-order chi connectivity index (χ1) is 12.6. The van der Waals surface area contributed by atoms with Crippen LogP contribution in [0.5, 0.6) is 0 Å². The zero-order valence-corrected chi connectivity index (χ0v) is 16.4. The van der Waals surface area contributed by atoms with Gasteiger partial charge in [0.05, 0.1) is 20.8 Å². The Morgan fingerprint density at radius 3 is 2.81 bits per heavy atom. The molecule has 5 nitrogen and oxygen atoms in total. The van der Waals surface area contributed by atoms with Crippen LogP contribution in [0.1, 0.15) is 25.8 Å². The number of hydrogen-bond acceptors (Lipinski definition) is 5. The quantitative estimate of drug-likeness (QED) is 0.579. The molecule has 0 bridgehead atoms. The molecule has 0 saturated heterocycles. The summed E-state index contributed by atoms with van der Waals surface area (Å²) in [5.41, 5.74) is 0.620. The molecule has 1 N–H and O–H groups in total. The standard InChI is InChI=1S/C18H17ClN4OS2/c1-11(17(24)20-14-6-3-2-5-13(14)19)26-18-22-21-16(15-7-4-10-25-15)23(18)12-8-9-12/h2-7,10-12H,8-9H2,1H3,(H,20,24)/t11-/m1/s1. The van der Waals surface area contributed by atoms with Crippen LogP contribution in [0.15, 0.2) is 46.9 Å². The van der Waals surface area contributed by atoms with Crippen LogP contribution in [0.3, 0.4) is 0 Å².